The van der Waals surface area contributed by atoms with Crippen LogP contribution in [0.15, 0.2) is 89.4 Å². The Hall–Kier alpha value is -4.68. The Kier molecular flexibility index (Phi) is 13.1. The topological polar surface area (TPSA) is 145 Å². The maximum absolute atomic E-state index is 13.1. The minimum atomic E-state index is -4.68. The van der Waals surface area contributed by atoms with Crippen LogP contribution >= 0.6 is 15.9 Å². The van der Waals surface area contributed by atoms with E-state index in [1.165, 1.54) is 31.4 Å². The molecule has 244 valence electrons. The molecule has 0 bridgehead atoms. The number of hydrogen-bond donors (Lipinski definition) is 2. The molecule has 0 radical (unpaired) electrons. The minimum Gasteiger partial charge on any atom is -0.497 e. The van der Waals surface area contributed by atoms with Crippen LogP contribution in [0.5, 0.6) is 11.5 Å². The van der Waals surface area contributed by atoms with Crippen LogP contribution in [0.25, 0.3) is 11.1 Å². The highest BCUT2D eigenvalue weighted by Gasteiger charge is 2.36. The van der Waals surface area contributed by atoms with Crippen molar-refractivity contribution >= 4 is 39.9 Å². The van der Waals surface area contributed by atoms with Crippen LogP contribution in [0, 0.1) is 20.2 Å². The third kappa shape index (κ3) is 10.7. The van der Waals surface area contributed by atoms with Crippen LogP contribution in [0.1, 0.15) is 11.1 Å². The number of rotatable bonds is 6. The van der Waals surface area contributed by atoms with Crippen LogP contribution in [0.3, 0.4) is 0 Å². The third-order valence-corrected chi connectivity index (χ3v) is 6.49. The van der Waals surface area contributed by atoms with E-state index in [0.29, 0.717) is 34.7 Å². The molecule has 2 N–H and O–H groups in total. The summed E-state index contributed by atoms with van der Waals surface area (Å²) in [5.74, 6) is 1.21. The number of ether oxygens (including phenoxy) is 2. The molecule has 4 rings (SSSR count). The van der Waals surface area contributed by atoms with E-state index in [4.69, 9.17) is 19.5 Å². The number of methoxy groups -OCH3 is 2. The maximum Gasteiger partial charge on any atom is 0.488 e. The van der Waals surface area contributed by atoms with E-state index in [0.717, 1.165) is 24.3 Å². The van der Waals surface area contributed by atoms with Crippen molar-refractivity contribution in [1.29, 1.82) is 0 Å². The Morgan fingerprint density at radius 3 is 1.48 bits per heavy atom. The standard InChI is InChI=1S/C14H10F3NO3.C7H9BO3.C7H3BrF3NO2/c1-21-11-5-2-9(3-6-11)12-7-4-10(18(19)20)8-13(12)14(15,16)17;1-11-7-4-2-6(3-5-7)8(9)10;8-6-2-1-4(12(13)14)3-5(6)7(9,10)11/h2-8H,1H3;2-5,9-10H,1H3;1-3H. The van der Waals surface area contributed by atoms with Gasteiger partial charge in [0, 0.05) is 28.7 Å². The van der Waals surface area contributed by atoms with E-state index in [1.54, 1.807) is 31.4 Å². The van der Waals surface area contributed by atoms with E-state index in [-0.39, 0.29) is 10.0 Å². The predicted molar refractivity (Wildman–Crippen MR) is 159 cm³/mol. The average molecular weight is 719 g/mol. The van der Waals surface area contributed by atoms with Gasteiger partial charge in [0.1, 0.15) is 11.5 Å². The first-order valence-corrected chi connectivity index (χ1v) is 13.2. The van der Waals surface area contributed by atoms with Crippen LogP contribution in [-0.4, -0.2) is 41.2 Å². The molecule has 0 spiro atoms. The van der Waals surface area contributed by atoms with E-state index in [1.807, 2.05) is 0 Å². The summed E-state index contributed by atoms with van der Waals surface area (Å²) in [6.07, 6.45) is -9.27. The molecule has 0 aromatic heterocycles. The second-order valence-electron chi connectivity index (χ2n) is 8.78. The molecule has 0 unspecified atom stereocenters. The molecule has 0 aliphatic rings. The van der Waals surface area contributed by atoms with Crippen molar-refractivity contribution in [3.63, 3.8) is 0 Å². The lowest BCUT2D eigenvalue weighted by atomic mass is 9.80. The van der Waals surface area contributed by atoms with Gasteiger partial charge in [-0.3, -0.25) is 20.2 Å². The zero-order valence-electron chi connectivity index (χ0n) is 23.5. The molecule has 46 heavy (non-hydrogen) atoms. The van der Waals surface area contributed by atoms with Gasteiger partial charge in [-0.15, -0.1) is 0 Å². The molecule has 4 aromatic rings. The van der Waals surface area contributed by atoms with Crippen molar-refractivity contribution in [3.8, 4) is 22.6 Å². The normalized spacial score (nSPS) is 10.8. The Labute approximate surface area is 265 Å². The molecule has 0 atom stereocenters. The van der Waals surface area contributed by atoms with Crippen LogP contribution in [0.4, 0.5) is 37.7 Å². The average Bonchev–Trinajstić information content (AvgIpc) is 3.00. The van der Waals surface area contributed by atoms with Gasteiger partial charge in [0.05, 0.1) is 35.2 Å². The highest BCUT2D eigenvalue weighted by molar-refractivity contribution is 9.10. The van der Waals surface area contributed by atoms with E-state index >= 15 is 0 Å². The second kappa shape index (κ2) is 16.1. The van der Waals surface area contributed by atoms with Gasteiger partial charge in [0.15, 0.2) is 0 Å². The van der Waals surface area contributed by atoms with E-state index in [9.17, 15) is 46.6 Å². The molecule has 0 aliphatic carbocycles. The molecule has 0 amide bonds. The summed E-state index contributed by atoms with van der Waals surface area (Å²) < 4.78 is 85.6. The van der Waals surface area contributed by atoms with Gasteiger partial charge in [-0.25, -0.2) is 0 Å². The number of nitro groups is 2. The summed E-state index contributed by atoms with van der Waals surface area (Å²) >= 11 is 2.67. The fourth-order valence-corrected chi connectivity index (χ4v) is 3.99. The van der Waals surface area contributed by atoms with Crippen molar-refractivity contribution in [2.24, 2.45) is 0 Å². The first-order chi connectivity index (χ1) is 21.4. The van der Waals surface area contributed by atoms with Crippen LogP contribution in [-0.2, 0) is 12.4 Å². The lowest BCUT2D eigenvalue weighted by Crippen LogP contribution is -2.29. The number of nitro benzene ring substituents is 2. The molecule has 18 heteroatoms. The molecular weight excluding hydrogens is 697 g/mol. The highest BCUT2D eigenvalue weighted by atomic mass is 79.9. The lowest BCUT2D eigenvalue weighted by Gasteiger charge is -2.13. The van der Waals surface area contributed by atoms with Crippen molar-refractivity contribution in [1.82, 2.24) is 0 Å². The minimum absolute atomic E-state index is 0.115. The molecular formula is C28H22BBrF6N2O8. The number of nitrogens with zero attached hydrogens (tertiary/aromatic N) is 2. The zero-order chi connectivity index (χ0) is 34.8. The summed E-state index contributed by atoms with van der Waals surface area (Å²) in [6, 6.07) is 17.7. The van der Waals surface area contributed by atoms with Gasteiger partial charge in [0.2, 0.25) is 0 Å². The summed E-state index contributed by atoms with van der Waals surface area (Å²) in [5, 5.41) is 38.3. The quantitative estimate of drug-likeness (QED) is 0.0935. The molecule has 10 nitrogen and oxygen atoms in total. The van der Waals surface area contributed by atoms with Crippen molar-refractivity contribution in [3.05, 3.63) is 121 Å². The monoisotopic (exact) mass is 718 g/mol. The van der Waals surface area contributed by atoms with Gasteiger partial charge in [-0.2, -0.15) is 26.3 Å². The Morgan fingerprint density at radius 1 is 0.674 bits per heavy atom. The van der Waals surface area contributed by atoms with Gasteiger partial charge >= 0.3 is 19.5 Å². The third-order valence-electron chi connectivity index (χ3n) is 5.80. The van der Waals surface area contributed by atoms with Crippen molar-refractivity contribution in [2.75, 3.05) is 14.2 Å². The number of non-ortho nitro benzene ring substituents is 2. The molecule has 0 aliphatic heterocycles. The fraction of sp³-hybridized carbons (Fsp3) is 0.143. The highest BCUT2D eigenvalue weighted by Crippen LogP contribution is 2.39. The summed E-state index contributed by atoms with van der Waals surface area (Å²) in [6.45, 7) is 0. The summed E-state index contributed by atoms with van der Waals surface area (Å²) in [7, 11) is 1.60. The van der Waals surface area contributed by atoms with Gasteiger partial charge in [-0.1, -0.05) is 40.2 Å². The molecule has 0 saturated heterocycles. The van der Waals surface area contributed by atoms with E-state index < -0.39 is 51.8 Å². The number of alkyl halides is 6. The number of halogens is 7. The molecule has 4 aromatic carbocycles. The SMILES string of the molecule is COc1ccc(-c2ccc([N+](=O)[O-])cc2C(F)(F)F)cc1.COc1ccc(B(O)O)cc1.O=[N+]([O-])c1ccc(Br)c(C(F)(F)F)c1. The van der Waals surface area contributed by atoms with E-state index in [2.05, 4.69) is 15.9 Å². The Bertz CT molecular complexity index is 1640. The van der Waals surface area contributed by atoms with Gasteiger partial charge in [0.25, 0.3) is 11.4 Å². The largest absolute Gasteiger partial charge is 0.497 e. The maximum atomic E-state index is 13.1. The fourth-order valence-electron chi connectivity index (χ4n) is 3.52. The van der Waals surface area contributed by atoms with Crippen molar-refractivity contribution in [2.45, 2.75) is 12.4 Å². The number of hydrogen-bond acceptors (Lipinski definition) is 8. The second-order valence-corrected chi connectivity index (χ2v) is 9.63. The van der Waals surface area contributed by atoms with Crippen molar-refractivity contribution < 1.29 is 55.7 Å². The van der Waals surface area contributed by atoms with Gasteiger partial charge in [-0.05, 0) is 53.0 Å². The van der Waals surface area contributed by atoms with Crippen LogP contribution < -0.4 is 14.9 Å². The summed E-state index contributed by atoms with van der Waals surface area (Å²) in [4.78, 5) is 19.1. The first-order valence-electron chi connectivity index (χ1n) is 12.4. The smallest absolute Gasteiger partial charge is 0.488 e. The zero-order valence-corrected chi connectivity index (χ0v) is 25.1. The van der Waals surface area contributed by atoms with Gasteiger partial charge < -0.3 is 19.5 Å². The predicted octanol–water partition coefficient (Wildman–Crippen LogP) is 7.04. The summed E-state index contributed by atoms with van der Waals surface area (Å²) in [5.41, 5.74) is -2.62. The molecule has 0 heterocycles. The molecule has 0 saturated carbocycles. The Morgan fingerprint density at radius 2 is 1.09 bits per heavy atom. The first kappa shape index (κ1) is 37.5. The Balaban J connectivity index is 0.000000256. The molecule has 0 fully saturated rings. The van der Waals surface area contributed by atoms with Crippen LogP contribution in [0.2, 0.25) is 0 Å². The lowest BCUT2D eigenvalue weighted by molar-refractivity contribution is -0.385. The number of benzene rings is 4.